The molecule has 0 saturated carbocycles. The van der Waals surface area contributed by atoms with Gasteiger partial charge in [-0.15, -0.1) is 0 Å². The van der Waals surface area contributed by atoms with E-state index in [1.807, 2.05) is 29.1 Å². The van der Waals surface area contributed by atoms with Crippen LogP contribution in [0, 0.1) is 5.92 Å². The Morgan fingerprint density at radius 2 is 2.15 bits per heavy atom. The van der Waals surface area contributed by atoms with Crippen molar-refractivity contribution in [3.05, 3.63) is 53.9 Å². The summed E-state index contributed by atoms with van der Waals surface area (Å²) in [6, 6.07) is 9.25. The highest BCUT2D eigenvalue weighted by molar-refractivity contribution is 5.94. The fraction of sp³-hybridized carbons (Fsp3) is 0.333. The van der Waals surface area contributed by atoms with Crippen molar-refractivity contribution in [1.29, 1.82) is 0 Å². The number of nitrogens with two attached hydrogens (primary N) is 1. The van der Waals surface area contributed by atoms with Crippen molar-refractivity contribution in [2.75, 3.05) is 6.54 Å². The van der Waals surface area contributed by atoms with Crippen LogP contribution in [0.25, 0.3) is 0 Å². The largest absolute Gasteiger partial charge is 0.352 e. The first kappa shape index (κ1) is 14.3. The van der Waals surface area contributed by atoms with Gasteiger partial charge in [-0.1, -0.05) is 19.1 Å². The normalized spacial score (nSPS) is 12.1. The molecule has 0 bridgehead atoms. The van der Waals surface area contributed by atoms with Crippen LogP contribution < -0.4 is 11.1 Å². The third-order valence-electron chi connectivity index (χ3n) is 3.12. The zero-order valence-corrected chi connectivity index (χ0v) is 11.6. The summed E-state index contributed by atoms with van der Waals surface area (Å²) in [6.45, 7) is 3.99. The lowest BCUT2D eigenvalue weighted by atomic mass is 10.1. The van der Waals surface area contributed by atoms with Gasteiger partial charge in [0, 0.05) is 37.6 Å². The molecule has 0 aliphatic carbocycles. The molecule has 1 amide bonds. The van der Waals surface area contributed by atoms with Gasteiger partial charge in [0.05, 0.1) is 0 Å². The van der Waals surface area contributed by atoms with Gasteiger partial charge in [0.15, 0.2) is 0 Å². The Morgan fingerprint density at radius 1 is 1.40 bits per heavy atom. The van der Waals surface area contributed by atoms with Crippen LogP contribution in [-0.4, -0.2) is 22.2 Å². The van der Waals surface area contributed by atoms with Crippen molar-refractivity contribution < 1.29 is 4.79 Å². The minimum atomic E-state index is -0.0547. The quantitative estimate of drug-likeness (QED) is 0.835. The minimum absolute atomic E-state index is 0.0547. The van der Waals surface area contributed by atoms with Gasteiger partial charge in [-0.25, -0.2) is 0 Å². The van der Waals surface area contributed by atoms with Crippen LogP contribution in [-0.2, 0) is 13.1 Å². The van der Waals surface area contributed by atoms with E-state index in [0.29, 0.717) is 24.6 Å². The molecule has 5 heteroatoms. The van der Waals surface area contributed by atoms with Crippen LogP contribution >= 0.6 is 0 Å². The molecule has 1 aromatic heterocycles. The Bertz CT molecular complexity index is 534. The predicted octanol–water partition coefficient (Wildman–Crippen LogP) is 1.41. The number of amides is 1. The van der Waals surface area contributed by atoms with E-state index < -0.39 is 0 Å². The summed E-state index contributed by atoms with van der Waals surface area (Å²) in [7, 11) is 0. The van der Waals surface area contributed by atoms with E-state index in [2.05, 4.69) is 17.3 Å². The average Bonchev–Trinajstić information content (AvgIpc) is 2.97. The van der Waals surface area contributed by atoms with E-state index in [1.54, 1.807) is 18.3 Å². The Morgan fingerprint density at radius 3 is 2.75 bits per heavy atom. The molecule has 0 radical (unpaired) electrons. The maximum Gasteiger partial charge on any atom is 0.251 e. The maximum atomic E-state index is 12.0. The van der Waals surface area contributed by atoms with Gasteiger partial charge < -0.3 is 11.1 Å². The van der Waals surface area contributed by atoms with Gasteiger partial charge in [0.2, 0.25) is 0 Å². The number of aromatic nitrogens is 2. The van der Waals surface area contributed by atoms with Gasteiger partial charge in [0.1, 0.15) is 0 Å². The van der Waals surface area contributed by atoms with Crippen molar-refractivity contribution in [2.45, 2.75) is 20.0 Å². The Labute approximate surface area is 118 Å². The molecule has 20 heavy (non-hydrogen) atoms. The molecule has 0 aliphatic heterocycles. The molecule has 0 spiro atoms. The number of carbonyl (C=O) groups is 1. The van der Waals surface area contributed by atoms with Crippen molar-refractivity contribution in [1.82, 2.24) is 15.1 Å². The second-order valence-electron chi connectivity index (χ2n) is 4.94. The molecule has 106 valence electrons. The highest BCUT2D eigenvalue weighted by Gasteiger charge is 2.08. The number of benzene rings is 1. The van der Waals surface area contributed by atoms with E-state index in [1.165, 1.54) is 0 Å². The molecule has 2 rings (SSSR count). The molecule has 3 N–H and O–H groups in total. The molecule has 5 nitrogen and oxygen atoms in total. The van der Waals surface area contributed by atoms with Gasteiger partial charge >= 0.3 is 0 Å². The van der Waals surface area contributed by atoms with Crippen molar-refractivity contribution in [2.24, 2.45) is 11.7 Å². The smallest absolute Gasteiger partial charge is 0.251 e. The topological polar surface area (TPSA) is 72.9 Å². The fourth-order valence-electron chi connectivity index (χ4n) is 1.95. The van der Waals surface area contributed by atoms with E-state index in [9.17, 15) is 4.79 Å². The molecule has 2 aromatic rings. The Balaban J connectivity index is 1.81. The molecule has 0 fully saturated rings. The van der Waals surface area contributed by atoms with Crippen LogP contribution in [0.2, 0.25) is 0 Å². The van der Waals surface area contributed by atoms with Crippen LogP contribution in [0.5, 0.6) is 0 Å². The Kier molecular flexibility index (Phi) is 4.90. The number of hydrogen-bond acceptors (Lipinski definition) is 3. The molecule has 1 unspecified atom stereocenters. The lowest BCUT2D eigenvalue weighted by Crippen LogP contribution is -2.30. The van der Waals surface area contributed by atoms with Crippen LogP contribution in [0.3, 0.4) is 0 Å². The molecule has 0 saturated heterocycles. The average molecular weight is 272 g/mol. The van der Waals surface area contributed by atoms with E-state index in [0.717, 1.165) is 12.1 Å². The lowest BCUT2D eigenvalue weighted by Gasteiger charge is -2.13. The monoisotopic (exact) mass is 272 g/mol. The summed E-state index contributed by atoms with van der Waals surface area (Å²) in [6.07, 6.45) is 3.67. The van der Waals surface area contributed by atoms with Crippen molar-refractivity contribution in [3.63, 3.8) is 0 Å². The first-order valence-electron chi connectivity index (χ1n) is 6.73. The standard InChI is InChI=1S/C15H20N4O/c1-12(11-19-8-2-7-18-19)10-17-15(20)14-5-3-13(9-16)4-6-14/h2-8,12H,9-11,16H2,1H3,(H,17,20). The number of hydrogen-bond donors (Lipinski definition) is 2. The summed E-state index contributed by atoms with van der Waals surface area (Å²) < 4.78 is 1.87. The highest BCUT2D eigenvalue weighted by Crippen LogP contribution is 2.04. The van der Waals surface area contributed by atoms with Gasteiger partial charge in [-0.2, -0.15) is 5.10 Å². The maximum absolute atomic E-state index is 12.0. The molecule has 1 heterocycles. The summed E-state index contributed by atoms with van der Waals surface area (Å²) >= 11 is 0. The third kappa shape index (κ3) is 3.93. The first-order chi connectivity index (χ1) is 9.69. The van der Waals surface area contributed by atoms with Gasteiger partial charge in [-0.05, 0) is 29.7 Å². The summed E-state index contributed by atoms with van der Waals surface area (Å²) in [5, 5.41) is 7.09. The fourth-order valence-corrected chi connectivity index (χ4v) is 1.95. The van der Waals surface area contributed by atoms with Gasteiger partial charge in [-0.3, -0.25) is 9.48 Å². The van der Waals surface area contributed by atoms with E-state index >= 15 is 0 Å². The predicted molar refractivity (Wildman–Crippen MR) is 78.1 cm³/mol. The van der Waals surface area contributed by atoms with Gasteiger partial charge in [0.25, 0.3) is 5.91 Å². The van der Waals surface area contributed by atoms with Crippen molar-refractivity contribution in [3.8, 4) is 0 Å². The van der Waals surface area contributed by atoms with Crippen LogP contribution in [0.4, 0.5) is 0 Å². The third-order valence-corrected chi connectivity index (χ3v) is 3.12. The van der Waals surface area contributed by atoms with Crippen LogP contribution in [0.15, 0.2) is 42.7 Å². The van der Waals surface area contributed by atoms with E-state index in [4.69, 9.17) is 5.73 Å². The lowest BCUT2D eigenvalue weighted by molar-refractivity contribution is 0.0946. The second-order valence-corrected chi connectivity index (χ2v) is 4.94. The van der Waals surface area contributed by atoms with E-state index in [-0.39, 0.29) is 5.91 Å². The highest BCUT2D eigenvalue weighted by atomic mass is 16.1. The molecule has 1 aromatic carbocycles. The number of carbonyl (C=O) groups excluding carboxylic acids is 1. The number of nitrogens with one attached hydrogen (secondary N) is 1. The first-order valence-corrected chi connectivity index (χ1v) is 6.73. The zero-order chi connectivity index (χ0) is 14.4. The number of rotatable bonds is 6. The Hall–Kier alpha value is -2.14. The zero-order valence-electron chi connectivity index (χ0n) is 11.6. The van der Waals surface area contributed by atoms with Crippen molar-refractivity contribution >= 4 is 5.91 Å². The number of nitrogens with zero attached hydrogens (tertiary/aromatic N) is 2. The molecule has 1 atom stereocenters. The summed E-state index contributed by atoms with van der Waals surface area (Å²) in [5.41, 5.74) is 7.21. The summed E-state index contributed by atoms with van der Waals surface area (Å²) in [5.74, 6) is 0.267. The summed E-state index contributed by atoms with van der Waals surface area (Å²) in [4.78, 5) is 12.0. The minimum Gasteiger partial charge on any atom is -0.352 e. The molecular weight excluding hydrogens is 252 g/mol. The molecule has 0 aliphatic rings. The van der Waals surface area contributed by atoms with Crippen LogP contribution in [0.1, 0.15) is 22.8 Å². The molecular formula is C15H20N4O. The SMILES string of the molecule is CC(CNC(=O)c1ccc(CN)cc1)Cn1cccn1. The second kappa shape index (κ2) is 6.86.